The number of nitrogens with one attached hydrogen (secondary N) is 2. The molecule has 3 amide bonds. The molecule has 2 aliphatic rings. The Labute approximate surface area is 314 Å². The molecule has 278 valence electrons. The number of benzene rings is 3. The van der Waals surface area contributed by atoms with E-state index in [9.17, 15) is 18.4 Å². The number of likely N-dealkylation sites (tertiary alicyclic amines) is 1. The largest absolute Gasteiger partial charge is 0.343 e. The summed E-state index contributed by atoms with van der Waals surface area (Å²) in [6, 6.07) is 13.2. The Hall–Kier alpha value is -3.70. The van der Waals surface area contributed by atoms with Gasteiger partial charge in [-0.1, -0.05) is 60.7 Å². The van der Waals surface area contributed by atoms with Gasteiger partial charge in [0, 0.05) is 58.9 Å². The fourth-order valence-electron chi connectivity index (χ4n) is 7.64. The number of hydrogen-bond acceptors (Lipinski definition) is 4. The number of nitrogens with zero attached hydrogens (tertiary/aromatic N) is 3. The number of nitrogens with two attached hydrogens (primary N) is 1. The summed E-state index contributed by atoms with van der Waals surface area (Å²) < 4.78 is 30.2. The number of anilines is 1. The number of aromatic nitrogens is 1. The quantitative estimate of drug-likeness (QED) is 0.121. The van der Waals surface area contributed by atoms with E-state index in [2.05, 4.69) is 26.3 Å². The Morgan fingerprint density at radius 3 is 2.38 bits per heavy atom. The van der Waals surface area contributed by atoms with Crippen molar-refractivity contribution in [2.45, 2.75) is 76.9 Å². The normalized spacial score (nSPS) is 15.9. The predicted octanol–water partition coefficient (Wildman–Crippen LogP) is 8.36. The van der Waals surface area contributed by atoms with E-state index < -0.39 is 23.7 Å². The lowest BCUT2D eigenvalue weighted by atomic mass is 9.88. The summed E-state index contributed by atoms with van der Waals surface area (Å²) in [5.74, 6) is -1.88. The lowest BCUT2D eigenvalue weighted by Crippen LogP contribution is -2.52. The van der Waals surface area contributed by atoms with Gasteiger partial charge in [-0.3, -0.25) is 9.69 Å². The third-order valence-corrected chi connectivity index (χ3v) is 11.1. The first-order valence-corrected chi connectivity index (χ1v) is 19.2. The highest BCUT2D eigenvalue weighted by molar-refractivity contribution is 6.36. The number of urea groups is 1. The molecule has 1 atom stereocenters. The highest BCUT2D eigenvalue weighted by atomic mass is 35.5. The minimum Gasteiger partial charge on any atom is -0.343 e. The molecule has 1 saturated heterocycles. The van der Waals surface area contributed by atoms with Gasteiger partial charge in [-0.2, -0.15) is 0 Å². The maximum absolute atomic E-state index is 14.3. The fraction of sp³-hybridized carbons (Fsp3) is 0.450. The number of carbonyl (C=O) groups excluding carboxylic acids is 2. The molecule has 12 heteroatoms. The van der Waals surface area contributed by atoms with Crippen LogP contribution < -0.4 is 16.4 Å². The molecule has 0 unspecified atom stereocenters. The standard InChI is InChI=1S/C40H48Cl2F2N6O2/c41-33-10-6-11-34(42)32(33)26-50-25-29(24-48-17-4-5-18-48)31-14-13-30(22-38(31)50)46-40(52)47-37(21-28-12-15-35(43)36(44)20-28)39(51)49(19-7-16-45)23-27-8-2-1-3-9-27/h6,10-15,20,22,25,27,37H,1-5,7-9,16-19,21,23-24,26,45H2,(H2,46,47,52)/t37-/m0/s1. The molecule has 4 N–H and O–H groups in total. The van der Waals surface area contributed by atoms with E-state index in [1.807, 2.05) is 36.4 Å². The second kappa shape index (κ2) is 17.9. The van der Waals surface area contributed by atoms with Crippen LogP contribution in [0.3, 0.4) is 0 Å². The fourth-order valence-corrected chi connectivity index (χ4v) is 8.16. The zero-order chi connectivity index (χ0) is 36.6. The van der Waals surface area contributed by atoms with Crippen molar-refractivity contribution in [2.75, 3.05) is 38.0 Å². The maximum Gasteiger partial charge on any atom is 0.319 e. The summed E-state index contributed by atoms with van der Waals surface area (Å²) >= 11 is 13.2. The topological polar surface area (TPSA) is 95.6 Å². The van der Waals surface area contributed by atoms with Crippen molar-refractivity contribution in [3.63, 3.8) is 0 Å². The molecule has 2 heterocycles. The molecule has 3 aromatic carbocycles. The first kappa shape index (κ1) is 38.0. The van der Waals surface area contributed by atoms with Crippen LogP contribution in [0, 0.1) is 17.6 Å². The second-order valence-corrected chi connectivity index (χ2v) is 15.0. The van der Waals surface area contributed by atoms with Crippen LogP contribution >= 0.6 is 23.2 Å². The van der Waals surface area contributed by atoms with Crippen LogP contribution in [0.25, 0.3) is 10.9 Å². The van der Waals surface area contributed by atoms with Crippen molar-refractivity contribution in [1.29, 1.82) is 0 Å². The van der Waals surface area contributed by atoms with Crippen molar-refractivity contribution >= 4 is 51.7 Å². The molecule has 0 radical (unpaired) electrons. The average Bonchev–Trinajstić information content (AvgIpc) is 3.77. The smallest absolute Gasteiger partial charge is 0.319 e. The van der Waals surface area contributed by atoms with E-state index >= 15 is 0 Å². The molecule has 52 heavy (non-hydrogen) atoms. The minimum absolute atomic E-state index is 0.00636. The monoisotopic (exact) mass is 752 g/mol. The van der Waals surface area contributed by atoms with Crippen molar-refractivity contribution in [2.24, 2.45) is 11.7 Å². The number of fused-ring (bicyclic) bond motifs is 1. The summed E-state index contributed by atoms with van der Waals surface area (Å²) in [4.78, 5) is 32.1. The second-order valence-electron chi connectivity index (χ2n) is 14.2. The van der Waals surface area contributed by atoms with E-state index in [1.54, 1.807) is 4.90 Å². The first-order chi connectivity index (χ1) is 25.2. The Morgan fingerprint density at radius 2 is 1.67 bits per heavy atom. The van der Waals surface area contributed by atoms with Gasteiger partial charge in [-0.15, -0.1) is 0 Å². The zero-order valence-corrected chi connectivity index (χ0v) is 31.0. The number of rotatable bonds is 14. The molecule has 8 nitrogen and oxygen atoms in total. The highest BCUT2D eigenvalue weighted by Crippen LogP contribution is 2.31. The Bertz CT molecular complexity index is 1840. The van der Waals surface area contributed by atoms with Gasteiger partial charge >= 0.3 is 6.03 Å². The summed E-state index contributed by atoms with van der Waals surface area (Å²) in [6.45, 7) is 4.79. The van der Waals surface area contributed by atoms with Gasteiger partial charge in [0.1, 0.15) is 6.04 Å². The van der Waals surface area contributed by atoms with Crippen molar-refractivity contribution in [3.8, 4) is 0 Å². The molecule has 1 aromatic heterocycles. The molecule has 1 aliphatic carbocycles. The van der Waals surface area contributed by atoms with E-state index in [4.69, 9.17) is 28.9 Å². The third kappa shape index (κ3) is 9.64. The van der Waals surface area contributed by atoms with Crippen molar-refractivity contribution < 1.29 is 18.4 Å². The van der Waals surface area contributed by atoms with E-state index in [-0.39, 0.29) is 12.3 Å². The van der Waals surface area contributed by atoms with Crippen LogP contribution in [0.15, 0.2) is 60.8 Å². The van der Waals surface area contributed by atoms with Gasteiger partial charge < -0.3 is 25.8 Å². The predicted molar refractivity (Wildman–Crippen MR) is 205 cm³/mol. The molecule has 1 aliphatic heterocycles. The Morgan fingerprint density at radius 1 is 0.923 bits per heavy atom. The van der Waals surface area contributed by atoms with Gasteiger partial charge in [0.15, 0.2) is 11.6 Å². The van der Waals surface area contributed by atoms with Crippen LogP contribution in [-0.4, -0.2) is 65.1 Å². The molecule has 0 spiro atoms. The average molecular weight is 754 g/mol. The van der Waals surface area contributed by atoms with Gasteiger partial charge in [-0.05, 0) is 105 Å². The molecule has 0 bridgehead atoms. The summed E-state index contributed by atoms with van der Waals surface area (Å²) in [5, 5.41) is 8.02. The summed E-state index contributed by atoms with van der Waals surface area (Å²) in [6.07, 6.45) is 10.6. The molecule has 6 rings (SSSR count). The number of amides is 3. The molecular weight excluding hydrogens is 705 g/mol. The number of carbonyl (C=O) groups is 2. The van der Waals surface area contributed by atoms with E-state index in [1.165, 1.54) is 30.9 Å². The number of hydrogen-bond donors (Lipinski definition) is 3. The van der Waals surface area contributed by atoms with Crippen LogP contribution in [-0.2, 0) is 24.3 Å². The SMILES string of the molecule is NCCCN(CC1CCCCC1)C(=O)[C@H](Cc1ccc(F)c(F)c1)NC(=O)Nc1ccc2c(CN3CCCC3)cn(Cc3c(Cl)cccc3Cl)c2c1. The minimum atomic E-state index is -1.02. The zero-order valence-electron chi connectivity index (χ0n) is 29.5. The third-order valence-electron chi connectivity index (χ3n) is 10.4. The maximum atomic E-state index is 14.3. The Balaban J connectivity index is 1.26. The van der Waals surface area contributed by atoms with Crippen molar-refractivity contribution in [1.82, 2.24) is 19.7 Å². The highest BCUT2D eigenvalue weighted by Gasteiger charge is 2.29. The van der Waals surface area contributed by atoms with Crippen LogP contribution in [0.4, 0.5) is 19.3 Å². The van der Waals surface area contributed by atoms with E-state index in [0.29, 0.717) is 59.8 Å². The van der Waals surface area contributed by atoms with Crippen LogP contribution in [0.5, 0.6) is 0 Å². The lowest BCUT2D eigenvalue weighted by Gasteiger charge is -2.32. The summed E-state index contributed by atoms with van der Waals surface area (Å²) in [5.41, 5.74) is 9.65. The first-order valence-electron chi connectivity index (χ1n) is 18.5. The molecule has 2 fully saturated rings. The van der Waals surface area contributed by atoms with Gasteiger partial charge in [0.25, 0.3) is 0 Å². The molecule has 1 saturated carbocycles. The van der Waals surface area contributed by atoms with Crippen LogP contribution in [0.2, 0.25) is 10.0 Å². The number of halogens is 4. The van der Waals surface area contributed by atoms with Crippen LogP contribution in [0.1, 0.15) is 68.1 Å². The van der Waals surface area contributed by atoms with E-state index in [0.717, 1.165) is 73.9 Å². The lowest BCUT2D eigenvalue weighted by molar-refractivity contribution is -0.134. The van der Waals surface area contributed by atoms with Gasteiger partial charge in [-0.25, -0.2) is 13.6 Å². The van der Waals surface area contributed by atoms with Gasteiger partial charge in [0.2, 0.25) is 5.91 Å². The van der Waals surface area contributed by atoms with Crippen molar-refractivity contribution in [3.05, 3.63) is 99.2 Å². The summed E-state index contributed by atoms with van der Waals surface area (Å²) in [7, 11) is 0. The molecular formula is C40H48Cl2F2N6O2. The molecule has 4 aromatic rings. The van der Waals surface area contributed by atoms with Gasteiger partial charge in [0.05, 0.1) is 12.1 Å². The Kier molecular flexibility index (Phi) is 13.1.